The molecule has 0 unspecified atom stereocenters. The van der Waals surface area contributed by atoms with Crippen LogP contribution in [0.1, 0.15) is 12.8 Å². The van der Waals surface area contributed by atoms with Crippen LogP contribution in [0.4, 0.5) is 8.78 Å². The quantitative estimate of drug-likeness (QED) is 0.809. The van der Waals surface area contributed by atoms with Crippen molar-refractivity contribution in [3.63, 3.8) is 0 Å². The zero-order valence-electron chi connectivity index (χ0n) is 9.29. The summed E-state index contributed by atoms with van der Waals surface area (Å²) in [5.74, 6) is -1.72. The van der Waals surface area contributed by atoms with E-state index in [0.717, 1.165) is 38.1 Å². The van der Waals surface area contributed by atoms with Crippen molar-refractivity contribution in [1.29, 1.82) is 0 Å². The fourth-order valence-corrected chi connectivity index (χ4v) is 1.79. The van der Waals surface area contributed by atoms with E-state index in [1.807, 2.05) is 0 Å². The van der Waals surface area contributed by atoms with E-state index in [-0.39, 0.29) is 18.3 Å². The molecule has 1 saturated heterocycles. The van der Waals surface area contributed by atoms with Crippen LogP contribution >= 0.6 is 0 Å². The molecule has 1 aromatic rings. The van der Waals surface area contributed by atoms with E-state index in [1.54, 1.807) is 4.90 Å². The van der Waals surface area contributed by atoms with Crippen LogP contribution in [0.2, 0.25) is 0 Å². The van der Waals surface area contributed by atoms with Crippen LogP contribution in [0.3, 0.4) is 0 Å². The second kappa shape index (κ2) is 5.12. The summed E-state index contributed by atoms with van der Waals surface area (Å²) in [7, 11) is 0. The van der Waals surface area contributed by atoms with Crippen LogP contribution in [0.25, 0.3) is 0 Å². The van der Waals surface area contributed by atoms with Crippen LogP contribution in [0.15, 0.2) is 18.2 Å². The molecule has 0 bridgehead atoms. The van der Waals surface area contributed by atoms with E-state index in [0.29, 0.717) is 0 Å². The van der Waals surface area contributed by atoms with Gasteiger partial charge in [-0.3, -0.25) is 4.79 Å². The standard InChI is InChI=1S/C12H13F2NO2/c13-9-3-4-11(10(14)7-9)17-8-12(16)15-5-1-2-6-15/h3-4,7H,1-2,5-6,8H2. The molecule has 92 valence electrons. The number of ether oxygens (including phenoxy) is 1. The van der Waals surface area contributed by atoms with Crippen LogP contribution in [0, 0.1) is 11.6 Å². The maximum Gasteiger partial charge on any atom is 0.260 e. The van der Waals surface area contributed by atoms with Crippen molar-refractivity contribution < 1.29 is 18.3 Å². The first-order valence-electron chi connectivity index (χ1n) is 5.52. The second-order valence-corrected chi connectivity index (χ2v) is 3.95. The van der Waals surface area contributed by atoms with Crippen molar-refractivity contribution in [3.05, 3.63) is 29.8 Å². The number of hydrogen-bond acceptors (Lipinski definition) is 2. The van der Waals surface area contributed by atoms with Crippen molar-refractivity contribution in [2.45, 2.75) is 12.8 Å². The summed E-state index contributed by atoms with van der Waals surface area (Å²) in [4.78, 5) is 13.3. The predicted molar refractivity (Wildman–Crippen MR) is 57.7 cm³/mol. The Morgan fingerprint density at radius 3 is 2.65 bits per heavy atom. The molecule has 0 aliphatic carbocycles. The van der Waals surface area contributed by atoms with Gasteiger partial charge in [-0.25, -0.2) is 8.78 Å². The Hall–Kier alpha value is -1.65. The molecular weight excluding hydrogens is 228 g/mol. The largest absolute Gasteiger partial charge is 0.481 e. The summed E-state index contributed by atoms with van der Waals surface area (Å²) in [6.07, 6.45) is 1.99. The maximum atomic E-state index is 13.2. The highest BCUT2D eigenvalue weighted by Gasteiger charge is 2.18. The van der Waals surface area contributed by atoms with Gasteiger partial charge in [0.15, 0.2) is 18.2 Å². The third-order valence-corrected chi connectivity index (χ3v) is 2.70. The van der Waals surface area contributed by atoms with Crippen LogP contribution in [0.5, 0.6) is 5.75 Å². The van der Waals surface area contributed by atoms with Gasteiger partial charge in [0.2, 0.25) is 0 Å². The highest BCUT2D eigenvalue weighted by Crippen LogP contribution is 2.18. The van der Waals surface area contributed by atoms with Crippen LogP contribution in [-0.2, 0) is 4.79 Å². The molecule has 0 spiro atoms. The minimum absolute atomic E-state index is 0.0982. The minimum atomic E-state index is -0.792. The smallest absolute Gasteiger partial charge is 0.260 e. The Balaban J connectivity index is 1.90. The number of halogens is 2. The number of nitrogens with zero attached hydrogens (tertiary/aromatic N) is 1. The SMILES string of the molecule is O=C(COc1ccc(F)cc1F)N1CCCC1. The molecule has 1 heterocycles. The third-order valence-electron chi connectivity index (χ3n) is 2.70. The molecule has 0 saturated carbocycles. The zero-order valence-corrected chi connectivity index (χ0v) is 9.29. The predicted octanol–water partition coefficient (Wildman–Crippen LogP) is 1.97. The van der Waals surface area contributed by atoms with Crippen molar-refractivity contribution in [2.24, 2.45) is 0 Å². The minimum Gasteiger partial charge on any atom is -0.481 e. The highest BCUT2D eigenvalue weighted by molar-refractivity contribution is 5.78. The Labute approximate surface area is 98.0 Å². The van der Waals surface area contributed by atoms with E-state index >= 15 is 0 Å². The summed E-state index contributed by atoms with van der Waals surface area (Å²) in [5, 5.41) is 0. The molecule has 1 aromatic carbocycles. The molecule has 2 rings (SSSR count). The van der Waals surface area contributed by atoms with Gasteiger partial charge >= 0.3 is 0 Å². The van der Waals surface area contributed by atoms with Gasteiger partial charge in [-0.05, 0) is 25.0 Å². The lowest BCUT2D eigenvalue weighted by atomic mass is 10.3. The fourth-order valence-electron chi connectivity index (χ4n) is 1.79. The lowest BCUT2D eigenvalue weighted by molar-refractivity contribution is -0.132. The average Bonchev–Trinajstić information content (AvgIpc) is 2.81. The second-order valence-electron chi connectivity index (χ2n) is 3.95. The Kier molecular flexibility index (Phi) is 3.56. The van der Waals surface area contributed by atoms with Crippen molar-refractivity contribution >= 4 is 5.91 Å². The van der Waals surface area contributed by atoms with E-state index in [4.69, 9.17) is 4.74 Å². The summed E-state index contributed by atoms with van der Waals surface area (Å²) in [6.45, 7) is 1.25. The normalized spacial score (nSPS) is 15.1. The molecule has 17 heavy (non-hydrogen) atoms. The molecular formula is C12H13F2NO2. The lowest BCUT2D eigenvalue weighted by Gasteiger charge is -2.15. The number of rotatable bonds is 3. The van der Waals surface area contributed by atoms with E-state index in [2.05, 4.69) is 0 Å². The van der Waals surface area contributed by atoms with Crippen molar-refractivity contribution in [3.8, 4) is 5.75 Å². The topological polar surface area (TPSA) is 29.5 Å². The van der Waals surface area contributed by atoms with Gasteiger partial charge < -0.3 is 9.64 Å². The number of carbonyl (C=O) groups is 1. The van der Waals surface area contributed by atoms with Crippen LogP contribution < -0.4 is 4.74 Å². The highest BCUT2D eigenvalue weighted by atomic mass is 19.1. The van der Waals surface area contributed by atoms with E-state index in [9.17, 15) is 13.6 Å². The van der Waals surface area contributed by atoms with E-state index < -0.39 is 11.6 Å². The molecule has 0 radical (unpaired) electrons. The number of hydrogen-bond donors (Lipinski definition) is 0. The molecule has 1 fully saturated rings. The van der Waals surface area contributed by atoms with Gasteiger partial charge in [-0.2, -0.15) is 0 Å². The Morgan fingerprint density at radius 2 is 2.00 bits per heavy atom. The molecule has 0 N–H and O–H groups in total. The van der Waals surface area contributed by atoms with Gasteiger partial charge in [-0.1, -0.05) is 0 Å². The Morgan fingerprint density at radius 1 is 1.29 bits per heavy atom. The van der Waals surface area contributed by atoms with Crippen LogP contribution in [-0.4, -0.2) is 30.5 Å². The molecule has 0 atom stereocenters. The third kappa shape index (κ3) is 2.93. The number of benzene rings is 1. The van der Waals surface area contributed by atoms with E-state index in [1.165, 1.54) is 6.07 Å². The summed E-state index contributed by atoms with van der Waals surface area (Å²) in [6, 6.07) is 3.01. The Bertz CT molecular complexity index is 417. The first-order valence-corrected chi connectivity index (χ1v) is 5.52. The zero-order chi connectivity index (χ0) is 12.3. The monoisotopic (exact) mass is 241 g/mol. The fraction of sp³-hybridized carbons (Fsp3) is 0.417. The van der Waals surface area contributed by atoms with Gasteiger partial charge in [0.25, 0.3) is 5.91 Å². The number of amides is 1. The molecule has 1 aliphatic rings. The van der Waals surface area contributed by atoms with Gasteiger partial charge in [0.1, 0.15) is 5.82 Å². The summed E-state index contributed by atoms with van der Waals surface area (Å²) >= 11 is 0. The first-order chi connectivity index (χ1) is 8.16. The molecule has 0 aromatic heterocycles. The average molecular weight is 241 g/mol. The van der Waals surface area contributed by atoms with Gasteiger partial charge in [-0.15, -0.1) is 0 Å². The molecule has 5 heteroatoms. The summed E-state index contributed by atoms with van der Waals surface area (Å²) < 4.78 is 30.8. The number of carbonyl (C=O) groups excluding carboxylic acids is 1. The van der Waals surface area contributed by atoms with Crippen molar-refractivity contribution in [2.75, 3.05) is 19.7 Å². The van der Waals surface area contributed by atoms with Gasteiger partial charge in [0.05, 0.1) is 0 Å². The maximum absolute atomic E-state index is 13.2. The molecule has 1 amide bonds. The molecule has 1 aliphatic heterocycles. The van der Waals surface area contributed by atoms with Crippen molar-refractivity contribution in [1.82, 2.24) is 4.90 Å². The lowest BCUT2D eigenvalue weighted by Crippen LogP contribution is -2.32. The summed E-state index contributed by atoms with van der Waals surface area (Å²) in [5.41, 5.74) is 0. The molecule has 3 nitrogen and oxygen atoms in total. The first kappa shape index (κ1) is 11.8. The van der Waals surface area contributed by atoms with Gasteiger partial charge in [0, 0.05) is 19.2 Å². The number of likely N-dealkylation sites (tertiary alicyclic amines) is 1.